The molecule has 0 atom stereocenters. The second kappa shape index (κ2) is 21.6. The van der Waals surface area contributed by atoms with Crippen molar-refractivity contribution < 1.29 is 0 Å². The van der Waals surface area contributed by atoms with Crippen molar-refractivity contribution in [2.75, 3.05) is 14.1 Å². The highest BCUT2D eigenvalue weighted by molar-refractivity contribution is 4.78. The predicted octanol–water partition coefficient (Wildman–Crippen LogP) is 8.49. The molecule has 0 aromatic heterocycles. The van der Waals surface area contributed by atoms with Crippen molar-refractivity contribution >= 4 is 0 Å². The van der Waals surface area contributed by atoms with Crippen LogP contribution < -0.4 is 0 Å². The molecule has 0 aliphatic heterocycles. The van der Waals surface area contributed by atoms with Crippen molar-refractivity contribution in [2.24, 2.45) is 0 Å². The molecule has 1 heteroatoms. The van der Waals surface area contributed by atoms with Gasteiger partial charge in [-0.1, -0.05) is 122 Å². The molecule has 0 spiro atoms. The summed E-state index contributed by atoms with van der Waals surface area (Å²) in [4.78, 5) is 2.12. The first-order valence-electron chi connectivity index (χ1n) is 11.6. The zero-order valence-electron chi connectivity index (χ0n) is 18.0. The highest BCUT2D eigenvalue weighted by atomic mass is 15.0. The molecule has 0 fully saturated rings. The molecule has 0 N–H and O–H groups in total. The number of allylic oxidation sites excluding steroid dienone is 1. The number of nitrogens with zero attached hydrogens (tertiary/aromatic N) is 1. The van der Waals surface area contributed by atoms with Crippen LogP contribution in [-0.2, 0) is 0 Å². The Kier molecular flexibility index (Phi) is 21.2. The van der Waals surface area contributed by atoms with Gasteiger partial charge >= 0.3 is 0 Å². The fraction of sp³-hybridized carbons (Fsp3) is 0.917. The standard InChI is InChI=1S/C24H49N/c1-4-5-6-7-8-9-10-11-12-13-14-15-16-17-18-19-20-21-22-23-24-25(2)3/h23-24H,4-22H2,1-3H3. The normalized spacial score (nSPS) is 11.5. The van der Waals surface area contributed by atoms with Gasteiger partial charge in [-0.15, -0.1) is 0 Å². The van der Waals surface area contributed by atoms with Crippen molar-refractivity contribution in [2.45, 2.75) is 129 Å². The van der Waals surface area contributed by atoms with Gasteiger partial charge in [0.1, 0.15) is 0 Å². The largest absolute Gasteiger partial charge is 0.384 e. The Morgan fingerprint density at radius 2 is 0.800 bits per heavy atom. The summed E-state index contributed by atoms with van der Waals surface area (Å²) in [6, 6.07) is 0. The third kappa shape index (κ3) is 23.5. The Bertz CT molecular complexity index is 257. The van der Waals surface area contributed by atoms with Gasteiger partial charge in [0, 0.05) is 14.1 Å². The number of hydrogen-bond donors (Lipinski definition) is 0. The predicted molar refractivity (Wildman–Crippen MR) is 116 cm³/mol. The first-order chi connectivity index (χ1) is 12.3. The molecule has 0 aliphatic rings. The van der Waals surface area contributed by atoms with Crippen LogP contribution in [0.15, 0.2) is 12.3 Å². The van der Waals surface area contributed by atoms with Crippen LogP contribution in [0.5, 0.6) is 0 Å². The highest BCUT2D eigenvalue weighted by Crippen LogP contribution is 2.14. The second-order valence-corrected chi connectivity index (χ2v) is 8.15. The lowest BCUT2D eigenvalue weighted by Crippen LogP contribution is -1.99. The van der Waals surface area contributed by atoms with Gasteiger partial charge in [0.25, 0.3) is 0 Å². The lowest BCUT2D eigenvalue weighted by Gasteiger charge is -2.04. The van der Waals surface area contributed by atoms with E-state index >= 15 is 0 Å². The second-order valence-electron chi connectivity index (χ2n) is 8.15. The Morgan fingerprint density at radius 1 is 0.480 bits per heavy atom. The van der Waals surface area contributed by atoms with E-state index in [9.17, 15) is 0 Å². The Balaban J connectivity index is 3.00. The molecular weight excluding hydrogens is 302 g/mol. The van der Waals surface area contributed by atoms with Crippen LogP contribution in [0.25, 0.3) is 0 Å². The maximum Gasteiger partial charge on any atom is 0.00555 e. The smallest absolute Gasteiger partial charge is 0.00555 e. The van der Waals surface area contributed by atoms with Crippen LogP contribution in [0.1, 0.15) is 129 Å². The number of unbranched alkanes of at least 4 members (excludes halogenated alkanes) is 18. The molecule has 150 valence electrons. The van der Waals surface area contributed by atoms with Gasteiger partial charge in [-0.2, -0.15) is 0 Å². The first-order valence-corrected chi connectivity index (χ1v) is 11.6. The van der Waals surface area contributed by atoms with E-state index in [0.717, 1.165) is 0 Å². The third-order valence-corrected chi connectivity index (χ3v) is 5.13. The molecule has 0 saturated carbocycles. The molecule has 0 bridgehead atoms. The van der Waals surface area contributed by atoms with Crippen LogP contribution in [-0.4, -0.2) is 19.0 Å². The molecule has 0 aromatic carbocycles. The number of hydrogen-bond acceptors (Lipinski definition) is 1. The fourth-order valence-corrected chi connectivity index (χ4v) is 3.45. The van der Waals surface area contributed by atoms with E-state index in [1.165, 1.54) is 122 Å². The minimum atomic E-state index is 1.25. The Hall–Kier alpha value is -0.460. The van der Waals surface area contributed by atoms with Crippen molar-refractivity contribution in [3.8, 4) is 0 Å². The quantitative estimate of drug-likeness (QED) is 0.199. The molecule has 0 rings (SSSR count). The molecule has 0 saturated heterocycles. The van der Waals surface area contributed by atoms with Crippen LogP contribution in [0.2, 0.25) is 0 Å². The van der Waals surface area contributed by atoms with Crippen LogP contribution >= 0.6 is 0 Å². The van der Waals surface area contributed by atoms with Crippen LogP contribution in [0.4, 0.5) is 0 Å². The molecule has 0 aliphatic carbocycles. The summed E-state index contributed by atoms with van der Waals surface area (Å²) < 4.78 is 0. The summed E-state index contributed by atoms with van der Waals surface area (Å²) in [6.07, 6.45) is 31.9. The highest BCUT2D eigenvalue weighted by Gasteiger charge is 1.94. The fourth-order valence-electron chi connectivity index (χ4n) is 3.45. The SMILES string of the molecule is CCCCCCCCCCCCCCCCCCCCC=CN(C)C. The van der Waals surface area contributed by atoms with Crippen molar-refractivity contribution in [3.05, 3.63) is 12.3 Å². The summed E-state index contributed by atoms with van der Waals surface area (Å²) in [5, 5.41) is 0. The monoisotopic (exact) mass is 351 g/mol. The average molecular weight is 352 g/mol. The topological polar surface area (TPSA) is 3.24 Å². The van der Waals surface area contributed by atoms with Gasteiger partial charge in [-0.05, 0) is 19.0 Å². The molecule has 0 heterocycles. The van der Waals surface area contributed by atoms with Gasteiger partial charge in [-0.25, -0.2) is 0 Å². The Labute approximate surface area is 160 Å². The zero-order chi connectivity index (χ0) is 18.4. The van der Waals surface area contributed by atoms with Crippen molar-refractivity contribution in [1.82, 2.24) is 4.90 Å². The number of rotatable bonds is 20. The van der Waals surface area contributed by atoms with Gasteiger partial charge in [0.15, 0.2) is 0 Å². The minimum Gasteiger partial charge on any atom is -0.384 e. The van der Waals surface area contributed by atoms with E-state index in [0.29, 0.717) is 0 Å². The summed E-state index contributed by atoms with van der Waals surface area (Å²) in [5.74, 6) is 0. The maximum atomic E-state index is 2.30. The van der Waals surface area contributed by atoms with Crippen LogP contribution in [0.3, 0.4) is 0 Å². The van der Waals surface area contributed by atoms with Gasteiger partial charge in [0.05, 0.1) is 0 Å². The lowest BCUT2D eigenvalue weighted by molar-refractivity contribution is 0.525. The van der Waals surface area contributed by atoms with E-state index in [2.05, 4.69) is 38.2 Å². The molecule has 0 amide bonds. The summed E-state index contributed by atoms with van der Waals surface area (Å²) in [7, 11) is 4.18. The van der Waals surface area contributed by atoms with E-state index in [-0.39, 0.29) is 0 Å². The molecule has 0 radical (unpaired) electrons. The van der Waals surface area contributed by atoms with Crippen LogP contribution in [0, 0.1) is 0 Å². The summed E-state index contributed by atoms with van der Waals surface area (Å²) in [6.45, 7) is 2.30. The van der Waals surface area contributed by atoms with Crippen molar-refractivity contribution in [1.29, 1.82) is 0 Å². The average Bonchev–Trinajstić information content (AvgIpc) is 2.60. The van der Waals surface area contributed by atoms with E-state index in [1.54, 1.807) is 0 Å². The molecule has 0 aromatic rings. The molecular formula is C24H49N. The third-order valence-electron chi connectivity index (χ3n) is 5.13. The minimum absolute atomic E-state index is 1.25. The molecule has 25 heavy (non-hydrogen) atoms. The summed E-state index contributed by atoms with van der Waals surface area (Å²) in [5.41, 5.74) is 0. The van der Waals surface area contributed by atoms with Gasteiger partial charge in [-0.3, -0.25) is 0 Å². The van der Waals surface area contributed by atoms with Crippen molar-refractivity contribution in [3.63, 3.8) is 0 Å². The Morgan fingerprint density at radius 3 is 1.12 bits per heavy atom. The molecule has 1 nitrogen and oxygen atoms in total. The van der Waals surface area contributed by atoms with E-state index < -0.39 is 0 Å². The molecule has 0 unspecified atom stereocenters. The zero-order valence-corrected chi connectivity index (χ0v) is 18.0. The van der Waals surface area contributed by atoms with E-state index in [4.69, 9.17) is 0 Å². The van der Waals surface area contributed by atoms with E-state index in [1.807, 2.05) is 0 Å². The first kappa shape index (κ1) is 24.5. The van der Waals surface area contributed by atoms with Gasteiger partial charge < -0.3 is 4.90 Å². The lowest BCUT2D eigenvalue weighted by atomic mass is 10.0. The van der Waals surface area contributed by atoms with Gasteiger partial charge in [0.2, 0.25) is 0 Å². The maximum absolute atomic E-state index is 2.30. The summed E-state index contributed by atoms with van der Waals surface area (Å²) >= 11 is 0.